The number of hydrogen-bond acceptors (Lipinski definition) is 11. The van der Waals surface area contributed by atoms with Crippen LogP contribution in [0, 0.1) is 5.92 Å². The first-order valence-corrected chi connectivity index (χ1v) is 27.9. The van der Waals surface area contributed by atoms with E-state index >= 15 is 28.8 Å². The summed E-state index contributed by atoms with van der Waals surface area (Å²) in [7, 11) is 0. The number of nitrogens with one attached hydrogen (secondary N) is 7. The van der Waals surface area contributed by atoms with Crippen LogP contribution in [0.3, 0.4) is 0 Å². The highest BCUT2D eigenvalue weighted by Crippen LogP contribution is 2.27. The Hall–Kier alpha value is -8.90. The fraction of sp³-hybridized carbons (Fsp3) is 0.333. The third-order valence-corrected chi connectivity index (χ3v) is 15.4. The highest BCUT2D eigenvalue weighted by molar-refractivity contribution is 5.99. The minimum atomic E-state index is -1.28. The number of piperidine rings is 1. The Kier molecular flexibility index (Phi) is 18.4. The molecule has 0 bridgehead atoms. The van der Waals surface area contributed by atoms with Crippen molar-refractivity contribution in [1.29, 1.82) is 0 Å². The summed E-state index contributed by atoms with van der Waals surface area (Å²) in [4.78, 5) is 105. The first kappa shape index (κ1) is 55.4. The monoisotopic (exact) mass is 1090 g/mol. The first-order valence-electron chi connectivity index (χ1n) is 27.9. The molecular formula is C63H68N10O8. The van der Waals surface area contributed by atoms with E-state index in [1.54, 1.807) is 67.4 Å². The highest BCUT2D eigenvalue weighted by Gasteiger charge is 2.45. The lowest BCUT2D eigenvalue weighted by Crippen LogP contribution is -2.62. The SMILES string of the molecule is O=C1N[C@@H](Cc2ccc(OCc3ccccc3)cc2)C(=O)N[C@@H](Cc2cccnc2)C(=O)N2C[C@H](Oc3ccncc3)C[C@H]2C(=O)N[C@@H](CCc2ccccc2)C(=O)N[C@@H](Cc2c[nH]c3ccccc23)C(=O)NC1CC1CCNCC1. The minimum Gasteiger partial charge on any atom is -0.489 e. The topological polar surface area (TPSA) is 238 Å². The van der Waals surface area contributed by atoms with E-state index < -0.39 is 77.8 Å². The molecule has 0 radical (unpaired) electrons. The van der Waals surface area contributed by atoms with Crippen LogP contribution >= 0.6 is 0 Å². The number of nitrogens with zero attached hydrogens (tertiary/aromatic N) is 3. The van der Waals surface area contributed by atoms with Gasteiger partial charge in [0.2, 0.25) is 35.4 Å². The van der Waals surface area contributed by atoms with Gasteiger partial charge in [0.1, 0.15) is 60.5 Å². The molecule has 7 atom stereocenters. The quantitative estimate of drug-likeness (QED) is 0.0675. The van der Waals surface area contributed by atoms with Crippen LogP contribution in [0.2, 0.25) is 0 Å². The van der Waals surface area contributed by atoms with Gasteiger partial charge >= 0.3 is 0 Å². The molecule has 3 aliphatic heterocycles. The van der Waals surface area contributed by atoms with Crippen molar-refractivity contribution in [2.75, 3.05) is 19.6 Å². The Morgan fingerprint density at radius 3 is 1.88 bits per heavy atom. The van der Waals surface area contributed by atoms with Crippen LogP contribution in [-0.2, 0) is 61.1 Å². The molecule has 3 aromatic heterocycles. The van der Waals surface area contributed by atoms with Gasteiger partial charge < -0.3 is 51.3 Å². The lowest BCUT2D eigenvalue weighted by Gasteiger charge is -2.32. The maximum Gasteiger partial charge on any atom is 0.246 e. The Labute approximate surface area is 470 Å². The van der Waals surface area contributed by atoms with Crippen molar-refractivity contribution >= 4 is 46.3 Å². The zero-order valence-corrected chi connectivity index (χ0v) is 45.0. The number of carbonyl (C=O) groups excluding carboxylic acids is 6. The molecule has 418 valence electrons. The number of aryl methyl sites for hydroxylation is 1. The molecule has 7 N–H and O–H groups in total. The highest BCUT2D eigenvalue weighted by atomic mass is 16.5. The average Bonchev–Trinajstić information content (AvgIpc) is 4.13. The van der Waals surface area contributed by atoms with E-state index in [9.17, 15) is 0 Å². The number of amides is 6. The number of benzene rings is 4. The molecular weight excluding hydrogens is 1020 g/mol. The number of para-hydroxylation sites is 1. The van der Waals surface area contributed by atoms with Gasteiger partial charge in [-0.25, -0.2) is 0 Å². The molecule has 6 amide bonds. The number of rotatable bonds is 16. The number of hydrogen-bond donors (Lipinski definition) is 7. The molecule has 0 saturated carbocycles. The zero-order valence-electron chi connectivity index (χ0n) is 45.0. The van der Waals surface area contributed by atoms with Crippen molar-refractivity contribution in [1.82, 2.24) is 51.8 Å². The summed E-state index contributed by atoms with van der Waals surface area (Å²) in [6, 6.07) is 33.7. The van der Waals surface area contributed by atoms with Gasteiger partial charge in [0.25, 0.3) is 0 Å². The van der Waals surface area contributed by atoms with Crippen LogP contribution in [-0.4, -0.2) is 117 Å². The molecule has 4 aromatic carbocycles. The molecule has 3 fully saturated rings. The second-order valence-electron chi connectivity index (χ2n) is 21.2. The molecule has 3 aliphatic rings. The molecule has 10 rings (SSSR count). The molecule has 18 heteroatoms. The van der Waals surface area contributed by atoms with Crippen LogP contribution in [0.1, 0.15) is 59.9 Å². The molecule has 6 heterocycles. The number of fused-ring (bicyclic) bond motifs is 2. The van der Waals surface area contributed by atoms with Gasteiger partial charge in [-0.05, 0) is 115 Å². The number of carbonyl (C=O) groups is 6. The van der Waals surface area contributed by atoms with Gasteiger partial charge in [0.15, 0.2) is 0 Å². The molecule has 18 nitrogen and oxygen atoms in total. The molecule has 81 heavy (non-hydrogen) atoms. The van der Waals surface area contributed by atoms with Crippen LogP contribution in [0.5, 0.6) is 11.5 Å². The summed E-state index contributed by atoms with van der Waals surface area (Å²) in [6.07, 6.45) is 9.72. The molecule has 0 spiro atoms. The van der Waals surface area contributed by atoms with E-state index in [0.717, 1.165) is 53.5 Å². The fourth-order valence-corrected chi connectivity index (χ4v) is 11.0. The van der Waals surface area contributed by atoms with Crippen LogP contribution < -0.4 is 41.4 Å². The molecule has 7 aromatic rings. The lowest BCUT2D eigenvalue weighted by atomic mass is 9.90. The Morgan fingerprint density at radius 1 is 0.531 bits per heavy atom. The van der Waals surface area contributed by atoms with Gasteiger partial charge in [-0.3, -0.25) is 38.7 Å². The molecule has 3 saturated heterocycles. The van der Waals surface area contributed by atoms with Crippen molar-refractivity contribution < 1.29 is 38.2 Å². The van der Waals surface area contributed by atoms with E-state index in [4.69, 9.17) is 9.47 Å². The van der Waals surface area contributed by atoms with E-state index in [0.29, 0.717) is 35.7 Å². The predicted molar refractivity (Wildman–Crippen MR) is 304 cm³/mol. The molecule has 0 aliphatic carbocycles. The first-order chi connectivity index (χ1) is 39.6. The van der Waals surface area contributed by atoms with Crippen molar-refractivity contribution in [3.05, 3.63) is 192 Å². The second kappa shape index (κ2) is 26.8. The normalized spacial score (nSPS) is 22.5. The fourth-order valence-electron chi connectivity index (χ4n) is 11.0. The average molecular weight is 1090 g/mol. The van der Waals surface area contributed by atoms with Gasteiger partial charge in [0.05, 0.1) is 6.54 Å². The van der Waals surface area contributed by atoms with Gasteiger partial charge in [-0.1, -0.05) is 97.1 Å². The number of aromatic nitrogens is 3. The van der Waals surface area contributed by atoms with E-state index in [1.807, 2.05) is 97.1 Å². The summed E-state index contributed by atoms with van der Waals surface area (Å²) in [5, 5.41) is 19.4. The van der Waals surface area contributed by atoms with Gasteiger partial charge in [0, 0.05) is 67.6 Å². The van der Waals surface area contributed by atoms with Crippen LogP contribution in [0.4, 0.5) is 0 Å². The Bertz CT molecular complexity index is 3240. The Morgan fingerprint density at radius 2 is 1.15 bits per heavy atom. The van der Waals surface area contributed by atoms with Crippen LogP contribution in [0.25, 0.3) is 10.9 Å². The van der Waals surface area contributed by atoms with Crippen molar-refractivity contribution in [3.8, 4) is 11.5 Å². The van der Waals surface area contributed by atoms with E-state index in [2.05, 4.69) is 46.9 Å². The smallest absolute Gasteiger partial charge is 0.246 e. The number of H-pyrrole nitrogens is 1. The number of ether oxygens (including phenoxy) is 2. The number of pyridine rings is 2. The summed E-state index contributed by atoms with van der Waals surface area (Å²) in [5.41, 5.74) is 4.78. The lowest BCUT2D eigenvalue weighted by molar-refractivity contribution is -0.143. The molecule has 1 unspecified atom stereocenters. The minimum absolute atomic E-state index is 0.0153. The second-order valence-corrected chi connectivity index (χ2v) is 21.2. The van der Waals surface area contributed by atoms with Crippen molar-refractivity contribution in [2.24, 2.45) is 5.92 Å². The third-order valence-electron chi connectivity index (χ3n) is 15.4. The maximum absolute atomic E-state index is 15.5. The number of aromatic amines is 1. The largest absolute Gasteiger partial charge is 0.489 e. The third kappa shape index (κ3) is 14.9. The van der Waals surface area contributed by atoms with E-state index in [-0.39, 0.29) is 51.0 Å². The van der Waals surface area contributed by atoms with E-state index in [1.165, 1.54) is 4.90 Å². The standard InChI is InChI=1S/C63H68N10O8/c74-58-52(22-19-41-10-3-1-4-11-41)68-62(78)57-36-49(81-48-25-30-65-31-26-48)39-73(57)63(79)56(34-45-14-9-27-66-37-45)72-60(76)53(32-42-17-20-47(21-18-42)80-40-44-12-5-2-6-13-44)69-59(75)54(33-43-23-28-64-29-24-43)70-61(77)55(71-58)35-46-38-67-51-16-8-7-15-50(46)51/h1-18,20-21,25-27,30-31,37-38,43,49,52-57,64,67H,19,22-24,28-29,32-36,39-40H2,(H,68,78)(H,69,75)(H,70,77)(H,71,74)(H,72,76)/t49-,52+,53+,54?,55+,56+,57+/m1/s1. The van der Waals surface area contributed by atoms with Crippen molar-refractivity contribution in [2.45, 2.75) is 107 Å². The van der Waals surface area contributed by atoms with Crippen molar-refractivity contribution in [3.63, 3.8) is 0 Å². The maximum atomic E-state index is 15.5. The zero-order chi connectivity index (χ0) is 55.9. The summed E-state index contributed by atoms with van der Waals surface area (Å²) in [5.74, 6) is -2.63. The van der Waals surface area contributed by atoms with Gasteiger partial charge in [-0.2, -0.15) is 0 Å². The summed E-state index contributed by atoms with van der Waals surface area (Å²) in [6.45, 7) is 1.73. The van der Waals surface area contributed by atoms with Crippen LogP contribution in [0.15, 0.2) is 164 Å². The summed E-state index contributed by atoms with van der Waals surface area (Å²) >= 11 is 0. The Balaban J connectivity index is 1.03. The van der Waals surface area contributed by atoms with Gasteiger partial charge in [-0.15, -0.1) is 0 Å². The predicted octanol–water partition coefficient (Wildman–Crippen LogP) is 5.07. The summed E-state index contributed by atoms with van der Waals surface area (Å²) < 4.78 is 12.5.